The summed E-state index contributed by atoms with van der Waals surface area (Å²) < 4.78 is 10.1. The third-order valence-electron chi connectivity index (χ3n) is 2.66. The first-order chi connectivity index (χ1) is 9.10. The van der Waals surface area contributed by atoms with E-state index in [2.05, 4.69) is 21.4 Å². The Hall–Kier alpha value is -2.20. The standard InChI is InChI=1S/C12H15N5O2/c1-8-9(7-13)10(15-18-8)6-12-14-11(16-19-12)4-5-17(2)3/h4-6H2,1-3H3. The van der Waals surface area contributed by atoms with Gasteiger partial charge in [-0.05, 0) is 21.0 Å². The molecule has 0 bridgehead atoms. The van der Waals surface area contributed by atoms with Crippen molar-refractivity contribution < 1.29 is 9.05 Å². The zero-order valence-corrected chi connectivity index (χ0v) is 11.2. The van der Waals surface area contributed by atoms with E-state index in [0.29, 0.717) is 35.2 Å². The molecule has 0 unspecified atom stereocenters. The Labute approximate surface area is 110 Å². The van der Waals surface area contributed by atoms with Gasteiger partial charge in [-0.1, -0.05) is 10.3 Å². The summed E-state index contributed by atoms with van der Waals surface area (Å²) in [5, 5.41) is 16.7. The van der Waals surface area contributed by atoms with Gasteiger partial charge in [-0.15, -0.1) is 0 Å². The fraction of sp³-hybridized carbons (Fsp3) is 0.500. The highest BCUT2D eigenvalue weighted by molar-refractivity contribution is 5.36. The number of aromatic nitrogens is 3. The molecule has 2 aromatic heterocycles. The van der Waals surface area contributed by atoms with Crippen LogP contribution in [0.15, 0.2) is 9.05 Å². The molecule has 0 radical (unpaired) electrons. The van der Waals surface area contributed by atoms with E-state index in [-0.39, 0.29) is 0 Å². The van der Waals surface area contributed by atoms with E-state index in [0.717, 1.165) is 13.0 Å². The van der Waals surface area contributed by atoms with E-state index in [9.17, 15) is 0 Å². The molecule has 100 valence electrons. The average Bonchev–Trinajstić information content (AvgIpc) is 2.95. The molecule has 0 N–H and O–H groups in total. The fourth-order valence-corrected chi connectivity index (χ4v) is 1.61. The molecule has 2 rings (SSSR count). The number of likely N-dealkylation sites (N-methyl/N-ethyl adjacent to an activating group) is 1. The molecule has 0 aromatic carbocycles. The first kappa shape index (κ1) is 13.2. The highest BCUT2D eigenvalue weighted by Gasteiger charge is 2.16. The third-order valence-corrected chi connectivity index (χ3v) is 2.66. The maximum atomic E-state index is 8.99. The second kappa shape index (κ2) is 5.63. The summed E-state index contributed by atoms with van der Waals surface area (Å²) in [7, 11) is 3.97. The van der Waals surface area contributed by atoms with E-state index in [4.69, 9.17) is 14.3 Å². The first-order valence-electron chi connectivity index (χ1n) is 5.91. The second-order valence-electron chi connectivity index (χ2n) is 4.51. The number of nitriles is 1. The van der Waals surface area contributed by atoms with Gasteiger partial charge in [0.2, 0.25) is 5.89 Å². The van der Waals surface area contributed by atoms with Crippen molar-refractivity contribution in [2.45, 2.75) is 19.8 Å². The van der Waals surface area contributed by atoms with Crippen LogP contribution in [0.25, 0.3) is 0 Å². The van der Waals surface area contributed by atoms with Gasteiger partial charge in [0, 0.05) is 13.0 Å². The average molecular weight is 261 g/mol. The first-order valence-corrected chi connectivity index (χ1v) is 5.91. The highest BCUT2D eigenvalue weighted by Crippen LogP contribution is 2.15. The monoisotopic (exact) mass is 261 g/mol. The minimum absolute atomic E-state index is 0.315. The van der Waals surface area contributed by atoms with Crippen molar-refractivity contribution >= 4 is 0 Å². The van der Waals surface area contributed by atoms with Crippen LogP contribution in [-0.4, -0.2) is 40.8 Å². The molecule has 0 saturated carbocycles. The Balaban J connectivity index is 2.06. The predicted molar refractivity (Wildman–Crippen MR) is 65.3 cm³/mol. The van der Waals surface area contributed by atoms with E-state index < -0.39 is 0 Å². The van der Waals surface area contributed by atoms with Gasteiger partial charge in [0.1, 0.15) is 17.3 Å². The second-order valence-corrected chi connectivity index (χ2v) is 4.51. The lowest BCUT2D eigenvalue weighted by Gasteiger charge is -2.05. The van der Waals surface area contributed by atoms with E-state index in [1.165, 1.54) is 0 Å². The summed E-state index contributed by atoms with van der Waals surface area (Å²) in [4.78, 5) is 6.31. The summed E-state index contributed by atoms with van der Waals surface area (Å²) >= 11 is 0. The van der Waals surface area contributed by atoms with Gasteiger partial charge < -0.3 is 13.9 Å². The molecule has 0 fully saturated rings. The number of rotatable bonds is 5. The zero-order valence-electron chi connectivity index (χ0n) is 11.2. The van der Waals surface area contributed by atoms with Gasteiger partial charge in [0.25, 0.3) is 0 Å². The lowest BCUT2D eigenvalue weighted by atomic mass is 10.2. The van der Waals surface area contributed by atoms with Crippen LogP contribution in [0, 0.1) is 18.3 Å². The van der Waals surface area contributed by atoms with Crippen LogP contribution in [0.1, 0.15) is 28.7 Å². The van der Waals surface area contributed by atoms with Gasteiger partial charge in [0.05, 0.1) is 6.42 Å². The Morgan fingerprint density at radius 2 is 2.05 bits per heavy atom. The number of hydrogen-bond acceptors (Lipinski definition) is 7. The van der Waals surface area contributed by atoms with Crippen molar-refractivity contribution in [3.8, 4) is 6.07 Å². The highest BCUT2D eigenvalue weighted by atomic mass is 16.5. The van der Waals surface area contributed by atoms with Crippen LogP contribution in [0.2, 0.25) is 0 Å². The van der Waals surface area contributed by atoms with Crippen molar-refractivity contribution in [3.63, 3.8) is 0 Å². The summed E-state index contributed by atoms with van der Waals surface area (Å²) in [5.41, 5.74) is 0.968. The van der Waals surface area contributed by atoms with E-state index in [1.54, 1.807) is 6.92 Å². The largest absolute Gasteiger partial charge is 0.360 e. The molecular weight excluding hydrogens is 246 g/mol. The Morgan fingerprint density at radius 3 is 2.74 bits per heavy atom. The molecular formula is C12H15N5O2. The zero-order chi connectivity index (χ0) is 13.8. The normalized spacial score (nSPS) is 10.9. The summed E-state index contributed by atoms with van der Waals surface area (Å²) in [6, 6.07) is 2.06. The van der Waals surface area contributed by atoms with Crippen molar-refractivity contribution in [1.29, 1.82) is 5.26 Å². The van der Waals surface area contributed by atoms with Crippen molar-refractivity contribution in [2.75, 3.05) is 20.6 Å². The van der Waals surface area contributed by atoms with Gasteiger partial charge in [-0.2, -0.15) is 10.2 Å². The molecule has 19 heavy (non-hydrogen) atoms. The summed E-state index contributed by atoms with van der Waals surface area (Å²) in [6.07, 6.45) is 1.04. The van der Waals surface area contributed by atoms with Crippen molar-refractivity contribution in [3.05, 3.63) is 28.7 Å². The lowest BCUT2D eigenvalue weighted by molar-refractivity contribution is 0.363. The molecule has 2 heterocycles. The van der Waals surface area contributed by atoms with Crippen LogP contribution in [0.5, 0.6) is 0 Å². The minimum atomic E-state index is 0.315. The molecule has 7 nitrogen and oxygen atoms in total. The summed E-state index contributed by atoms with van der Waals surface area (Å²) in [5.74, 6) is 1.60. The van der Waals surface area contributed by atoms with Gasteiger partial charge in [0.15, 0.2) is 11.6 Å². The van der Waals surface area contributed by atoms with Crippen LogP contribution in [0.3, 0.4) is 0 Å². The molecule has 0 saturated heterocycles. The predicted octanol–water partition coefficient (Wildman–Crippen LogP) is 0.933. The van der Waals surface area contributed by atoms with E-state index >= 15 is 0 Å². The molecule has 2 aromatic rings. The van der Waals surface area contributed by atoms with Gasteiger partial charge >= 0.3 is 0 Å². The number of hydrogen-bond donors (Lipinski definition) is 0. The molecule has 0 aliphatic rings. The van der Waals surface area contributed by atoms with E-state index in [1.807, 2.05) is 19.0 Å². The molecule has 0 amide bonds. The number of aryl methyl sites for hydroxylation is 1. The molecule has 7 heteroatoms. The third kappa shape index (κ3) is 3.17. The SMILES string of the molecule is Cc1onc(Cc2nc(CCN(C)C)no2)c1C#N. The van der Waals surface area contributed by atoms with Crippen LogP contribution in [-0.2, 0) is 12.8 Å². The fourth-order valence-electron chi connectivity index (χ4n) is 1.61. The maximum absolute atomic E-state index is 8.99. The van der Waals surface area contributed by atoms with Crippen LogP contribution >= 0.6 is 0 Å². The minimum Gasteiger partial charge on any atom is -0.360 e. The quantitative estimate of drug-likeness (QED) is 0.790. The van der Waals surface area contributed by atoms with Gasteiger partial charge in [-0.25, -0.2) is 0 Å². The Kier molecular flexibility index (Phi) is 3.92. The number of nitrogens with zero attached hydrogens (tertiary/aromatic N) is 5. The molecule has 0 atom stereocenters. The van der Waals surface area contributed by atoms with Crippen LogP contribution < -0.4 is 0 Å². The summed E-state index contributed by atoms with van der Waals surface area (Å²) in [6.45, 7) is 2.55. The van der Waals surface area contributed by atoms with Crippen molar-refractivity contribution in [2.24, 2.45) is 0 Å². The van der Waals surface area contributed by atoms with Crippen LogP contribution in [0.4, 0.5) is 0 Å². The Morgan fingerprint density at radius 1 is 1.26 bits per heavy atom. The lowest BCUT2D eigenvalue weighted by Crippen LogP contribution is -2.15. The molecule has 0 aliphatic heterocycles. The molecule has 0 spiro atoms. The Bertz CT molecular complexity index is 594. The maximum Gasteiger partial charge on any atom is 0.232 e. The van der Waals surface area contributed by atoms with Gasteiger partial charge in [-0.3, -0.25) is 0 Å². The van der Waals surface area contributed by atoms with Crippen molar-refractivity contribution in [1.82, 2.24) is 20.2 Å². The topological polar surface area (TPSA) is 92.0 Å². The molecule has 0 aliphatic carbocycles. The smallest absolute Gasteiger partial charge is 0.232 e.